The zero-order valence-electron chi connectivity index (χ0n) is 63.9. The van der Waals surface area contributed by atoms with Gasteiger partial charge in [0, 0.05) is 54.9 Å². The van der Waals surface area contributed by atoms with Crippen molar-refractivity contribution in [3.8, 4) is 124 Å². The third kappa shape index (κ3) is 11.8. The van der Waals surface area contributed by atoms with Crippen molar-refractivity contribution in [1.29, 1.82) is 0 Å². The predicted octanol–water partition coefficient (Wildman–Crippen LogP) is 27.3. The van der Waals surface area contributed by atoms with Crippen molar-refractivity contribution in [3.63, 3.8) is 0 Å². The van der Waals surface area contributed by atoms with Gasteiger partial charge in [-0.2, -0.15) is 0 Å². The van der Waals surface area contributed by atoms with E-state index in [0.717, 1.165) is 116 Å². The smallest absolute Gasteiger partial charge is 0.164 e. The summed E-state index contributed by atoms with van der Waals surface area (Å²) in [6, 6.07) is 150. The molecule has 0 fully saturated rings. The summed E-state index contributed by atoms with van der Waals surface area (Å²) in [5.41, 5.74) is 29.2. The summed E-state index contributed by atoms with van der Waals surface area (Å²) < 4.78 is 13.7. The van der Waals surface area contributed by atoms with Gasteiger partial charge in [-0.3, -0.25) is 0 Å². The molecule has 0 radical (unpaired) electrons. The van der Waals surface area contributed by atoms with E-state index in [1.165, 1.54) is 61.2 Å². The van der Waals surface area contributed by atoms with Crippen LogP contribution in [0.1, 0.15) is 44.5 Å². The van der Waals surface area contributed by atoms with E-state index in [4.69, 9.17) is 38.7 Å². The molecule has 2 aliphatic carbocycles. The van der Waals surface area contributed by atoms with E-state index < -0.39 is 10.8 Å². The first-order chi connectivity index (χ1) is 58.4. The molecule has 0 saturated carbocycles. The van der Waals surface area contributed by atoms with Crippen LogP contribution in [0, 0.1) is 0 Å². The van der Waals surface area contributed by atoms with E-state index in [1.54, 1.807) is 0 Å². The molecule has 8 nitrogen and oxygen atoms in total. The number of furan rings is 2. The van der Waals surface area contributed by atoms with Gasteiger partial charge >= 0.3 is 0 Å². The highest BCUT2D eigenvalue weighted by Crippen LogP contribution is 2.59. The summed E-state index contributed by atoms with van der Waals surface area (Å²) in [6.45, 7) is 0. The van der Waals surface area contributed by atoms with Gasteiger partial charge in [-0.15, -0.1) is 0 Å². The number of hydrogen-bond donors (Lipinski definition) is 0. The Morgan fingerprint density at radius 2 is 0.381 bits per heavy atom. The number of nitrogens with zero attached hydrogens (tertiary/aromatic N) is 6. The lowest BCUT2D eigenvalue weighted by atomic mass is 9.67. The van der Waals surface area contributed by atoms with Gasteiger partial charge in [0.15, 0.2) is 34.9 Å². The van der Waals surface area contributed by atoms with Crippen LogP contribution in [0.2, 0.25) is 0 Å². The van der Waals surface area contributed by atoms with Crippen molar-refractivity contribution in [3.05, 3.63) is 469 Å². The van der Waals surface area contributed by atoms with E-state index in [1.807, 2.05) is 48.5 Å². The van der Waals surface area contributed by atoms with E-state index in [-0.39, 0.29) is 0 Å². The van der Waals surface area contributed by atoms with Crippen LogP contribution >= 0.6 is 0 Å². The highest BCUT2D eigenvalue weighted by molar-refractivity contribution is 6.08. The third-order valence-corrected chi connectivity index (χ3v) is 23.6. The molecule has 0 atom stereocenters. The van der Waals surface area contributed by atoms with Crippen LogP contribution in [-0.4, -0.2) is 29.9 Å². The summed E-state index contributed by atoms with van der Waals surface area (Å²) in [4.78, 5) is 30.6. The van der Waals surface area contributed by atoms with Gasteiger partial charge in [-0.25, -0.2) is 29.9 Å². The van der Waals surface area contributed by atoms with Gasteiger partial charge in [-0.1, -0.05) is 370 Å². The van der Waals surface area contributed by atoms with Crippen molar-refractivity contribution in [2.75, 3.05) is 0 Å². The number of fused-ring (bicyclic) bond motifs is 12. The molecule has 0 aliphatic heterocycles. The van der Waals surface area contributed by atoms with Gasteiger partial charge in [0.1, 0.15) is 22.3 Å². The first-order valence-corrected chi connectivity index (χ1v) is 39.9. The Bertz CT molecular complexity index is 7240. The van der Waals surface area contributed by atoms with Crippen LogP contribution in [0.15, 0.2) is 433 Å². The Balaban J connectivity index is 0.000000143. The molecule has 4 aromatic heterocycles. The van der Waals surface area contributed by atoms with Crippen LogP contribution in [0.25, 0.3) is 168 Å². The molecule has 21 aromatic rings. The van der Waals surface area contributed by atoms with Crippen LogP contribution in [0.4, 0.5) is 0 Å². The number of benzene rings is 17. The van der Waals surface area contributed by atoms with Gasteiger partial charge in [0.2, 0.25) is 0 Å². The van der Waals surface area contributed by atoms with Crippen molar-refractivity contribution in [2.45, 2.75) is 10.8 Å². The molecule has 23 rings (SSSR count). The first-order valence-electron chi connectivity index (χ1n) is 39.9. The van der Waals surface area contributed by atoms with Gasteiger partial charge in [-0.05, 0) is 155 Å². The van der Waals surface area contributed by atoms with E-state index in [0.29, 0.717) is 34.9 Å². The maximum absolute atomic E-state index is 6.86. The fourth-order valence-electron chi connectivity index (χ4n) is 18.2. The largest absolute Gasteiger partial charge is 0.456 e. The molecule has 17 aromatic carbocycles. The van der Waals surface area contributed by atoms with Crippen molar-refractivity contribution >= 4 is 43.9 Å². The lowest BCUT2D eigenvalue weighted by Crippen LogP contribution is -2.28. The van der Waals surface area contributed by atoms with Gasteiger partial charge < -0.3 is 8.83 Å². The predicted molar refractivity (Wildman–Crippen MR) is 478 cm³/mol. The monoisotopic (exact) mass is 1510 g/mol. The standard InChI is InChI=1S/C58H37N3O.C52H33N3O/c1-4-16-38(17-5-1)40-20-14-22-42(34-40)55-59-56(43-23-15-21-41(35-43)39-18-6-2-7-19-39)61-57(60-55)44-30-32-49-50-33-31-46(37-54(50)62-53(49)36-44)58(45-24-8-3-9-25-45)51-28-12-10-26-47(51)48-27-11-13-29-52(48)58;1-4-15-34(16-5-1)36-19-14-20-37(31-36)50-53-49(35-17-6-2-7-18-35)54-51(55-50)38-27-29-43-44-30-28-40(33-48(44)56-47(43)32-38)52(39-21-8-3-9-22-39)45-25-12-10-23-41(45)42-24-11-13-26-46(42)52/h1-37H;1-33H. The third-order valence-electron chi connectivity index (χ3n) is 23.6. The maximum Gasteiger partial charge on any atom is 0.164 e. The van der Waals surface area contributed by atoms with Crippen molar-refractivity contribution in [2.24, 2.45) is 0 Å². The minimum absolute atomic E-state index is 0.500. The van der Waals surface area contributed by atoms with Crippen LogP contribution in [0.3, 0.4) is 0 Å². The topological polar surface area (TPSA) is 104 Å². The molecule has 4 heterocycles. The van der Waals surface area contributed by atoms with E-state index in [2.05, 4.69) is 376 Å². The second-order valence-corrected chi connectivity index (χ2v) is 30.3. The normalized spacial score (nSPS) is 12.7. The lowest BCUT2D eigenvalue weighted by Gasteiger charge is -2.33. The summed E-state index contributed by atoms with van der Waals surface area (Å²) in [6.07, 6.45) is 0. The molecular formula is C110H70N6O2. The first kappa shape index (κ1) is 69.1. The average molecular weight is 1510 g/mol. The van der Waals surface area contributed by atoms with E-state index in [9.17, 15) is 0 Å². The number of rotatable bonds is 13. The molecule has 552 valence electrons. The minimum Gasteiger partial charge on any atom is -0.456 e. The maximum atomic E-state index is 6.86. The summed E-state index contributed by atoms with van der Waals surface area (Å²) in [5, 5.41) is 4.21. The molecule has 0 saturated heterocycles. The highest BCUT2D eigenvalue weighted by Gasteiger charge is 2.48. The van der Waals surface area contributed by atoms with Crippen molar-refractivity contribution < 1.29 is 8.83 Å². The highest BCUT2D eigenvalue weighted by atomic mass is 16.3. The fourth-order valence-corrected chi connectivity index (χ4v) is 18.2. The van der Waals surface area contributed by atoms with Gasteiger partial charge in [0.25, 0.3) is 0 Å². The Kier molecular flexibility index (Phi) is 16.9. The zero-order chi connectivity index (χ0) is 78.1. The SMILES string of the molecule is c1ccc(-c2cccc(-c3nc(-c4cccc(-c5ccccc5)c4)nc(-c4ccc5c(c4)oc4cc(C6(c7ccccc7)c7ccccc7-c7ccccc76)ccc45)n3)c2)cc1.c1ccc(-c2cccc(-c3nc(-c4ccccc4)nc(-c4ccc5c(c4)oc4cc(C6(c7ccccc7)c7ccccc7-c7ccccc76)ccc45)n3)c2)cc1. The Hall–Kier alpha value is -15.6. The summed E-state index contributed by atoms with van der Waals surface area (Å²) in [5.74, 6) is 3.60. The molecule has 0 amide bonds. The quantitative estimate of drug-likeness (QED) is 0.112. The second kappa shape index (κ2) is 28.8. The summed E-state index contributed by atoms with van der Waals surface area (Å²) in [7, 11) is 0. The molecule has 2 aliphatic rings. The van der Waals surface area contributed by atoms with Gasteiger partial charge in [0.05, 0.1) is 10.8 Å². The summed E-state index contributed by atoms with van der Waals surface area (Å²) >= 11 is 0. The van der Waals surface area contributed by atoms with Crippen molar-refractivity contribution in [1.82, 2.24) is 29.9 Å². The molecule has 0 bridgehead atoms. The number of aromatic nitrogens is 6. The minimum atomic E-state index is -0.514. The molecule has 0 unspecified atom stereocenters. The number of hydrogen-bond acceptors (Lipinski definition) is 8. The average Bonchev–Trinajstić information content (AvgIpc) is 1.54. The Labute approximate surface area is 682 Å². The fraction of sp³-hybridized carbons (Fsp3) is 0.0182. The van der Waals surface area contributed by atoms with Crippen LogP contribution in [-0.2, 0) is 10.8 Å². The molecule has 0 N–H and O–H groups in total. The Morgan fingerprint density at radius 1 is 0.153 bits per heavy atom. The van der Waals surface area contributed by atoms with E-state index >= 15 is 0 Å². The second-order valence-electron chi connectivity index (χ2n) is 30.3. The van der Waals surface area contributed by atoms with Crippen LogP contribution < -0.4 is 0 Å². The van der Waals surface area contributed by atoms with Crippen LogP contribution in [0.5, 0.6) is 0 Å². The molecule has 118 heavy (non-hydrogen) atoms. The lowest BCUT2D eigenvalue weighted by molar-refractivity contribution is 0.665. The Morgan fingerprint density at radius 3 is 0.695 bits per heavy atom. The molecule has 8 heteroatoms. The molecule has 0 spiro atoms. The molecular weight excluding hydrogens is 1440 g/mol. The zero-order valence-corrected chi connectivity index (χ0v) is 63.9.